The van der Waals surface area contributed by atoms with E-state index in [9.17, 15) is 9.59 Å². The van der Waals surface area contributed by atoms with Gasteiger partial charge in [-0.15, -0.1) is 0 Å². The van der Waals surface area contributed by atoms with Crippen LogP contribution in [0.25, 0.3) is 0 Å². The number of carbonyl (C=O) groups is 2. The summed E-state index contributed by atoms with van der Waals surface area (Å²) < 4.78 is 9.85. The first-order valence-electron chi connectivity index (χ1n) is 8.16. The lowest BCUT2D eigenvalue weighted by molar-refractivity contribution is 0.0526. The highest BCUT2D eigenvalue weighted by atomic mass is 16.5. The molecule has 1 aromatic carbocycles. The normalized spacial score (nSPS) is 10.3. The lowest BCUT2D eigenvalue weighted by Crippen LogP contribution is -2.13. The molecule has 0 unspecified atom stereocenters. The van der Waals surface area contributed by atoms with Crippen molar-refractivity contribution in [2.24, 2.45) is 0 Å². The summed E-state index contributed by atoms with van der Waals surface area (Å²) in [4.78, 5) is 32.1. The molecular weight excluding hydrogens is 350 g/mol. The summed E-state index contributed by atoms with van der Waals surface area (Å²) in [5.41, 5.74) is 1.23. The van der Waals surface area contributed by atoms with Crippen LogP contribution in [-0.4, -0.2) is 33.6 Å². The van der Waals surface area contributed by atoms with Gasteiger partial charge in [0.05, 0.1) is 17.7 Å². The minimum absolute atomic E-state index is 0.284. The number of rotatable bonds is 6. The van der Waals surface area contributed by atoms with E-state index in [1.807, 2.05) is 0 Å². The number of nitrogens with one attached hydrogen (secondary N) is 2. The number of aryl methyl sites for hydroxylation is 1. The Morgan fingerprint density at radius 1 is 1.11 bits per heavy atom. The number of aromatic nitrogens is 3. The molecule has 3 aromatic rings. The second kappa shape index (κ2) is 8.09. The van der Waals surface area contributed by atoms with Crippen LogP contribution in [0.2, 0.25) is 0 Å². The first kappa shape index (κ1) is 18.1. The van der Waals surface area contributed by atoms with Crippen LogP contribution >= 0.6 is 0 Å². The zero-order chi connectivity index (χ0) is 19.2. The number of nitrogens with zero attached hydrogens (tertiary/aromatic N) is 3. The van der Waals surface area contributed by atoms with Gasteiger partial charge in [-0.3, -0.25) is 4.79 Å². The monoisotopic (exact) mass is 367 g/mol. The average molecular weight is 367 g/mol. The average Bonchev–Trinajstić information content (AvgIpc) is 3.08. The molecule has 0 atom stereocenters. The number of hydrogen-bond donors (Lipinski definition) is 2. The van der Waals surface area contributed by atoms with Gasteiger partial charge in [-0.05, 0) is 38.1 Å². The molecule has 2 aromatic heterocycles. The highest BCUT2D eigenvalue weighted by molar-refractivity contribution is 6.04. The van der Waals surface area contributed by atoms with Crippen LogP contribution in [0.5, 0.6) is 0 Å². The van der Waals surface area contributed by atoms with E-state index in [1.165, 1.54) is 12.4 Å². The summed E-state index contributed by atoms with van der Waals surface area (Å²) in [6.45, 7) is 3.81. The second-order valence-corrected chi connectivity index (χ2v) is 5.50. The maximum Gasteiger partial charge on any atom is 0.338 e. The number of hydrogen-bond acceptors (Lipinski definition) is 8. The Balaban J connectivity index is 1.61. The van der Waals surface area contributed by atoms with E-state index in [-0.39, 0.29) is 11.5 Å². The van der Waals surface area contributed by atoms with Gasteiger partial charge in [0.2, 0.25) is 5.95 Å². The smallest absolute Gasteiger partial charge is 0.338 e. The van der Waals surface area contributed by atoms with Gasteiger partial charge in [0.25, 0.3) is 5.91 Å². The number of amides is 1. The first-order valence-corrected chi connectivity index (χ1v) is 8.16. The number of esters is 1. The molecule has 0 aliphatic heterocycles. The number of benzene rings is 1. The number of ether oxygens (including phenoxy) is 1. The Morgan fingerprint density at radius 2 is 1.81 bits per heavy atom. The van der Waals surface area contributed by atoms with Crippen molar-refractivity contribution in [1.29, 1.82) is 0 Å². The quantitative estimate of drug-likeness (QED) is 0.638. The van der Waals surface area contributed by atoms with Crippen LogP contribution in [0.15, 0.2) is 47.2 Å². The Morgan fingerprint density at radius 3 is 2.41 bits per heavy atom. The summed E-state index contributed by atoms with van der Waals surface area (Å²) in [5, 5.41) is 9.35. The topological polar surface area (TPSA) is 119 Å². The SMILES string of the molecule is CCOC(=O)c1ccc(NC(=O)c2cnc(Nc3cc(C)on3)nc2)cc1. The van der Waals surface area contributed by atoms with Crippen molar-refractivity contribution in [2.75, 3.05) is 17.2 Å². The molecule has 2 heterocycles. The minimum Gasteiger partial charge on any atom is -0.462 e. The van der Waals surface area contributed by atoms with Crippen LogP contribution in [0.1, 0.15) is 33.4 Å². The van der Waals surface area contributed by atoms with E-state index >= 15 is 0 Å². The third kappa shape index (κ3) is 4.66. The van der Waals surface area contributed by atoms with Gasteiger partial charge in [0.1, 0.15) is 5.76 Å². The molecule has 9 heteroatoms. The van der Waals surface area contributed by atoms with Gasteiger partial charge in [0.15, 0.2) is 5.82 Å². The molecule has 3 rings (SSSR count). The fraction of sp³-hybridized carbons (Fsp3) is 0.167. The van der Waals surface area contributed by atoms with E-state index in [2.05, 4.69) is 25.8 Å². The predicted molar refractivity (Wildman–Crippen MR) is 96.9 cm³/mol. The van der Waals surface area contributed by atoms with Gasteiger partial charge in [-0.1, -0.05) is 5.16 Å². The Hall–Kier alpha value is -3.75. The van der Waals surface area contributed by atoms with Gasteiger partial charge in [-0.25, -0.2) is 14.8 Å². The van der Waals surface area contributed by atoms with E-state index in [4.69, 9.17) is 9.26 Å². The van der Waals surface area contributed by atoms with E-state index in [0.717, 1.165) is 0 Å². The summed E-state index contributed by atoms with van der Waals surface area (Å²) in [6.07, 6.45) is 2.79. The lowest BCUT2D eigenvalue weighted by Gasteiger charge is -2.07. The molecule has 0 saturated carbocycles. The summed E-state index contributed by atoms with van der Waals surface area (Å²) in [7, 11) is 0. The van der Waals surface area contributed by atoms with E-state index < -0.39 is 5.97 Å². The molecule has 0 bridgehead atoms. The zero-order valence-electron chi connectivity index (χ0n) is 14.7. The molecule has 0 aliphatic carbocycles. The van der Waals surface area contributed by atoms with Crippen molar-refractivity contribution < 1.29 is 18.8 Å². The van der Waals surface area contributed by atoms with Crippen molar-refractivity contribution in [2.45, 2.75) is 13.8 Å². The second-order valence-electron chi connectivity index (χ2n) is 5.50. The molecule has 0 spiro atoms. The fourth-order valence-corrected chi connectivity index (χ4v) is 2.16. The van der Waals surface area contributed by atoms with Crippen molar-refractivity contribution >= 4 is 29.3 Å². The molecule has 9 nitrogen and oxygen atoms in total. The van der Waals surface area contributed by atoms with Gasteiger partial charge < -0.3 is 19.9 Å². The maximum atomic E-state index is 12.3. The Kier molecular flexibility index (Phi) is 5.41. The summed E-state index contributed by atoms with van der Waals surface area (Å²) in [5.74, 6) is 0.643. The van der Waals surface area contributed by atoms with Gasteiger partial charge >= 0.3 is 5.97 Å². The molecule has 27 heavy (non-hydrogen) atoms. The Labute approximate surface area is 154 Å². The largest absolute Gasteiger partial charge is 0.462 e. The molecular formula is C18H17N5O4. The van der Waals surface area contributed by atoms with E-state index in [1.54, 1.807) is 44.2 Å². The lowest BCUT2D eigenvalue weighted by atomic mass is 10.2. The number of carbonyl (C=O) groups excluding carboxylic acids is 2. The molecule has 138 valence electrons. The highest BCUT2D eigenvalue weighted by Gasteiger charge is 2.10. The standard InChI is InChI=1S/C18H17N5O4/c1-3-26-17(25)12-4-6-14(7-5-12)21-16(24)13-9-19-18(20-10-13)22-15-8-11(2)27-23-15/h4-10H,3H2,1-2H3,(H,21,24)(H,19,20,22,23). The third-order valence-electron chi connectivity index (χ3n) is 3.44. The van der Waals surface area contributed by atoms with Crippen LogP contribution in [-0.2, 0) is 4.74 Å². The predicted octanol–water partition coefficient (Wildman–Crippen LogP) is 2.95. The van der Waals surface area contributed by atoms with Crippen molar-refractivity contribution in [3.8, 4) is 0 Å². The van der Waals surface area contributed by atoms with Crippen molar-refractivity contribution in [1.82, 2.24) is 15.1 Å². The van der Waals surface area contributed by atoms with Crippen molar-refractivity contribution in [3.05, 3.63) is 59.6 Å². The van der Waals surface area contributed by atoms with Crippen LogP contribution in [0, 0.1) is 6.92 Å². The van der Waals surface area contributed by atoms with Crippen LogP contribution < -0.4 is 10.6 Å². The summed E-state index contributed by atoms with van der Waals surface area (Å²) in [6, 6.07) is 8.10. The maximum absolute atomic E-state index is 12.3. The van der Waals surface area contributed by atoms with Crippen molar-refractivity contribution in [3.63, 3.8) is 0 Å². The van der Waals surface area contributed by atoms with E-state index in [0.29, 0.717) is 35.4 Å². The molecule has 0 fully saturated rings. The number of anilines is 3. The molecule has 0 radical (unpaired) electrons. The molecule has 2 N–H and O–H groups in total. The Bertz CT molecular complexity index is 935. The van der Waals surface area contributed by atoms with Gasteiger partial charge in [-0.2, -0.15) is 0 Å². The molecule has 1 amide bonds. The zero-order valence-corrected chi connectivity index (χ0v) is 14.7. The van der Waals surface area contributed by atoms with Gasteiger partial charge in [0, 0.05) is 24.1 Å². The third-order valence-corrected chi connectivity index (χ3v) is 3.44. The highest BCUT2D eigenvalue weighted by Crippen LogP contribution is 2.14. The molecule has 0 saturated heterocycles. The first-order chi connectivity index (χ1) is 13.0. The van der Waals surface area contributed by atoms with Crippen LogP contribution in [0.4, 0.5) is 17.5 Å². The fourth-order valence-electron chi connectivity index (χ4n) is 2.16. The minimum atomic E-state index is -0.408. The van der Waals surface area contributed by atoms with Crippen LogP contribution in [0.3, 0.4) is 0 Å². The molecule has 0 aliphatic rings. The summed E-state index contributed by atoms with van der Waals surface area (Å²) >= 11 is 0.